The van der Waals surface area contributed by atoms with Crippen LogP contribution >= 0.6 is 0 Å². The highest BCUT2D eigenvalue weighted by atomic mass is 15.4. The predicted molar refractivity (Wildman–Crippen MR) is 52.6 cm³/mol. The van der Waals surface area contributed by atoms with E-state index in [9.17, 15) is 0 Å². The minimum atomic E-state index is 0.668. The highest BCUT2D eigenvalue weighted by Gasteiger charge is 2.21. The summed E-state index contributed by atoms with van der Waals surface area (Å²) in [5, 5.41) is 2.05. The number of nitrogens with zero attached hydrogens (tertiary/aromatic N) is 1. The van der Waals surface area contributed by atoms with Crippen molar-refractivity contribution >= 4 is 0 Å². The molecule has 0 saturated heterocycles. The van der Waals surface area contributed by atoms with Crippen LogP contribution in [0.2, 0.25) is 0 Å². The van der Waals surface area contributed by atoms with Crippen molar-refractivity contribution in [3.05, 3.63) is 0 Å². The third-order valence-electron chi connectivity index (χ3n) is 2.94. The average molecular weight is 170 g/mol. The Balaban J connectivity index is 2.24. The third-order valence-corrected chi connectivity index (χ3v) is 2.94. The molecule has 2 N–H and O–H groups in total. The monoisotopic (exact) mass is 170 g/mol. The Hall–Kier alpha value is -0.0800. The number of hydrogen-bond donors (Lipinski definition) is 1. The molecule has 0 aliphatic heterocycles. The van der Waals surface area contributed by atoms with Gasteiger partial charge >= 0.3 is 0 Å². The van der Waals surface area contributed by atoms with E-state index < -0.39 is 0 Å². The highest BCUT2D eigenvalue weighted by Crippen LogP contribution is 2.25. The topological polar surface area (TPSA) is 29.3 Å². The van der Waals surface area contributed by atoms with Crippen LogP contribution in [0.3, 0.4) is 0 Å². The maximum atomic E-state index is 5.94. The van der Waals surface area contributed by atoms with Crippen LogP contribution in [0, 0.1) is 5.92 Å². The van der Waals surface area contributed by atoms with Gasteiger partial charge in [-0.3, -0.25) is 5.84 Å². The Bertz CT molecular complexity index is 117. The van der Waals surface area contributed by atoms with Crippen LogP contribution < -0.4 is 5.84 Å². The lowest BCUT2D eigenvalue weighted by Gasteiger charge is -2.32. The van der Waals surface area contributed by atoms with Gasteiger partial charge in [-0.05, 0) is 38.0 Å². The molecule has 72 valence electrons. The first-order chi connectivity index (χ1) is 5.74. The summed E-state index contributed by atoms with van der Waals surface area (Å²) in [6, 6.07) is 0.668. The summed E-state index contributed by atoms with van der Waals surface area (Å²) in [6.45, 7) is 5.58. The van der Waals surface area contributed by atoms with Crippen LogP contribution in [0.5, 0.6) is 0 Å². The number of rotatable bonds is 3. The molecule has 1 aliphatic carbocycles. The van der Waals surface area contributed by atoms with Crippen LogP contribution in [-0.2, 0) is 0 Å². The van der Waals surface area contributed by atoms with Gasteiger partial charge < -0.3 is 0 Å². The first-order valence-electron chi connectivity index (χ1n) is 5.25. The molecular weight excluding hydrogens is 148 g/mol. The van der Waals surface area contributed by atoms with Gasteiger partial charge in [0.05, 0.1) is 0 Å². The number of hydrogen-bond acceptors (Lipinski definition) is 2. The van der Waals surface area contributed by atoms with Crippen LogP contribution in [0.1, 0.15) is 46.0 Å². The van der Waals surface area contributed by atoms with E-state index in [0.29, 0.717) is 6.04 Å². The van der Waals surface area contributed by atoms with Gasteiger partial charge in [0.25, 0.3) is 0 Å². The molecule has 1 aliphatic rings. The summed E-state index contributed by atoms with van der Waals surface area (Å²) in [5.74, 6) is 6.86. The molecule has 0 bridgehead atoms. The lowest BCUT2D eigenvalue weighted by atomic mass is 9.87. The molecule has 0 heterocycles. The molecule has 1 fully saturated rings. The number of hydrazine groups is 1. The summed E-state index contributed by atoms with van der Waals surface area (Å²) < 4.78 is 0. The van der Waals surface area contributed by atoms with Gasteiger partial charge in [0.1, 0.15) is 0 Å². The molecule has 0 atom stereocenters. The lowest BCUT2D eigenvalue weighted by Crippen LogP contribution is -2.43. The number of nitrogens with two attached hydrogens (primary N) is 1. The zero-order chi connectivity index (χ0) is 8.97. The van der Waals surface area contributed by atoms with E-state index in [0.717, 1.165) is 12.5 Å². The zero-order valence-corrected chi connectivity index (χ0v) is 8.42. The Kier molecular flexibility index (Phi) is 4.02. The van der Waals surface area contributed by atoms with Gasteiger partial charge in [-0.25, -0.2) is 5.01 Å². The van der Waals surface area contributed by atoms with Crippen molar-refractivity contribution in [3.63, 3.8) is 0 Å². The molecule has 0 spiro atoms. The second kappa shape index (κ2) is 4.83. The van der Waals surface area contributed by atoms with Crippen molar-refractivity contribution in [1.29, 1.82) is 0 Å². The van der Waals surface area contributed by atoms with Crippen molar-refractivity contribution in [3.8, 4) is 0 Å². The molecule has 0 radical (unpaired) electrons. The summed E-state index contributed by atoms with van der Waals surface area (Å²) >= 11 is 0. The van der Waals surface area contributed by atoms with Gasteiger partial charge in [-0.15, -0.1) is 0 Å². The van der Waals surface area contributed by atoms with E-state index in [1.807, 2.05) is 5.01 Å². The smallest absolute Gasteiger partial charge is 0.0241 e. The molecular formula is C10H22N2. The highest BCUT2D eigenvalue weighted by molar-refractivity contribution is 4.75. The fourth-order valence-corrected chi connectivity index (χ4v) is 2.01. The van der Waals surface area contributed by atoms with Crippen LogP contribution in [0.25, 0.3) is 0 Å². The van der Waals surface area contributed by atoms with Gasteiger partial charge in [0.2, 0.25) is 0 Å². The Labute approximate surface area is 76.1 Å². The van der Waals surface area contributed by atoms with E-state index in [4.69, 9.17) is 5.84 Å². The fourth-order valence-electron chi connectivity index (χ4n) is 2.01. The van der Waals surface area contributed by atoms with Gasteiger partial charge in [0.15, 0.2) is 0 Å². The Morgan fingerprint density at radius 2 is 1.83 bits per heavy atom. The van der Waals surface area contributed by atoms with E-state index in [1.165, 1.54) is 32.1 Å². The minimum absolute atomic E-state index is 0.668. The van der Waals surface area contributed by atoms with Crippen LogP contribution in [0.15, 0.2) is 0 Å². The van der Waals surface area contributed by atoms with E-state index in [2.05, 4.69) is 13.8 Å². The molecule has 0 amide bonds. The minimum Gasteiger partial charge on any atom is -0.269 e. The summed E-state index contributed by atoms with van der Waals surface area (Å²) in [6.07, 6.45) is 6.50. The Morgan fingerprint density at radius 1 is 1.25 bits per heavy atom. The van der Waals surface area contributed by atoms with Gasteiger partial charge in [-0.2, -0.15) is 0 Å². The van der Waals surface area contributed by atoms with Gasteiger partial charge in [0, 0.05) is 12.6 Å². The SMILES string of the molecule is CCCN(N)C1CCC(C)CC1. The first kappa shape index (κ1) is 10.0. The summed E-state index contributed by atoms with van der Waals surface area (Å²) in [5.41, 5.74) is 0. The lowest BCUT2D eigenvalue weighted by molar-refractivity contribution is 0.141. The second-order valence-corrected chi connectivity index (χ2v) is 4.15. The fraction of sp³-hybridized carbons (Fsp3) is 1.00. The largest absolute Gasteiger partial charge is 0.269 e. The predicted octanol–water partition coefficient (Wildman–Crippen LogP) is 2.15. The van der Waals surface area contributed by atoms with Crippen molar-refractivity contribution in [1.82, 2.24) is 5.01 Å². The molecule has 0 aromatic heterocycles. The normalized spacial score (nSPS) is 31.0. The average Bonchev–Trinajstić information content (AvgIpc) is 2.06. The molecule has 2 heteroatoms. The van der Waals surface area contributed by atoms with E-state index in [-0.39, 0.29) is 0 Å². The molecule has 2 nitrogen and oxygen atoms in total. The quantitative estimate of drug-likeness (QED) is 0.519. The zero-order valence-electron chi connectivity index (χ0n) is 8.42. The summed E-state index contributed by atoms with van der Waals surface area (Å²) in [4.78, 5) is 0. The maximum Gasteiger partial charge on any atom is 0.0241 e. The maximum absolute atomic E-state index is 5.94. The molecule has 0 unspecified atom stereocenters. The van der Waals surface area contributed by atoms with Crippen molar-refractivity contribution in [2.75, 3.05) is 6.54 Å². The second-order valence-electron chi connectivity index (χ2n) is 4.15. The first-order valence-corrected chi connectivity index (χ1v) is 5.25. The molecule has 0 aromatic rings. The van der Waals surface area contributed by atoms with E-state index in [1.54, 1.807) is 0 Å². The van der Waals surface area contributed by atoms with Crippen LogP contribution in [-0.4, -0.2) is 17.6 Å². The Morgan fingerprint density at radius 3 is 2.33 bits per heavy atom. The molecule has 1 saturated carbocycles. The van der Waals surface area contributed by atoms with Crippen LogP contribution in [0.4, 0.5) is 0 Å². The van der Waals surface area contributed by atoms with Crippen molar-refractivity contribution < 1.29 is 0 Å². The molecule has 0 aromatic carbocycles. The summed E-state index contributed by atoms with van der Waals surface area (Å²) in [7, 11) is 0. The van der Waals surface area contributed by atoms with Crippen molar-refractivity contribution in [2.24, 2.45) is 11.8 Å². The van der Waals surface area contributed by atoms with Crippen molar-refractivity contribution in [2.45, 2.75) is 52.0 Å². The molecule has 1 rings (SSSR count). The third kappa shape index (κ3) is 2.76. The van der Waals surface area contributed by atoms with Gasteiger partial charge in [-0.1, -0.05) is 13.8 Å². The standard InChI is InChI=1S/C10H22N2/c1-3-8-12(11)10-6-4-9(2)5-7-10/h9-10H,3-8,11H2,1-2H3. The van der Waals surface area contributed by atoms with E-state index >= 15 is 0 Å². The molecule has 12 heavy (non-hydrogen) atoms.